The highest BCUT2D eigenvalue weighted by Crippen LogP contribution is 2.44. The second-order valence-electron chi connectivity index (χ2n) is 4.89. The standard InChI is InChI=1S/C14H11ClFNO3/c15-9-5-2-1-4-8(9)14-7-3-6-10(11(14)18)20-13(17-14)12(16)19/h1-2,4-5,10H,3,6-7H2/t10-,14-/m0/s1. The van der Waals surface area contributed by atoms with E-state index in [1.54, 1.807) is 24.3 Å². The first kappa shape index (κ1) is 13.2. The van der Waals surface area contributed by atoms with Gasteiger partial charge in [0.2, 0.25) is 5.78 Å². The summed E-state index contributed by atoms with van der Waals surface area (Å²) < 4.78 is 18.0. The Morgan fingerprint density at radius 2 is 2.20 bits per heavy atom. The van der Waals surface area contributed by atoms with Crippen molar-refractivity contribution in [2.45, 2.75) is 30.9 Å². The predicted molar refractivity (Wildman–Crippen MR) is 70.4 cm³/mol. The molecular formula is C14H11ClFNO3. The molecule has 104 valence electrons. The SMILES string of the molecule is O=C(F)C1=N[C@]2(c3ccccc3Cl)CCC[C@H](O1)C2=O. The number of fused-ring (bicyclic) bond motifs is 2. The lowest BCUT2D eigenvalue weighted by Crippen LogP contribution is -2.52. The van der Waals surface area contributed by atoms with E-state index in [0.29, 0.717) is 29.8 Å². The molecule has 0 saturated heterocycles. The first-order valence-corrected chi connectivity index (χ1v) is 6.68. The number of benzene rings is 1. The van der Waals surface area contributed by atoms with E-state index in [4.69, 9.17) is 16.3 Å². The lowest BCUT2D eigenvalue weighted by Gasteiger charge is -2.40. The summed E-state index contributed by atoms with van der Waals surface area (Å²) in [4.78, 5) is 27.4. The molecule has 1 saturated carbocycles. The second-order valence-corrected chi connectivity index (χ2v) is 5.30. The molecule has 6 heteroatoms. The Labute approximate surface area is 119 Å². The fourth-order valence-corrected chi connectivity index (χ4v) is 3.13. The van der Waals surface area contributed by atoms with Gasteiger partial charge in [0, 0.05) is 10.6 Å². The first-order chi connectivity index (χ1) is 9.54. The lowest BCUT2D eigenvalue weighted by molar-refractivity contribution is -0.139. The zero-order chi connectivity index (χ0) is 14.3. The highest BCUT2D eigenvalue weighted by molar-refractivity contribution is 6.34. The summed E-state index contributed by atoms with van der Waals surface area (Å²) in [6.45, 7) is 0. The molecule has 1 aromatic rings. The topological polar surface area (TPSA) is 55.7 Å². The van der Waals surface area contributed by atoms with E-state index in [0.717, 1.165) is 0 Å². The van der Waals surface area contributed by atoms with E-state index in [-0.39, 0.29) is 5.78 Å². The number of aliphatic imine (C=N–C) groups is 1. The number of rotatable bonds is 2. The quantitative estimate of drug-likeness (QED) is 0.788. The summed E-state index contributed by atoms with van der Waals surface area (Å²) in [5, 5.41) is 0.373. The highest BCUT2D eigenvalue weighted by atomic mass is 35.5. The third kappa shape index (κ3) is 1.85. The number of Topliss-reactive ketones (excluding diaryl/α,β-unsaturated/α-hetero) is 1. The van der Waals surface area contributed by atoms with Crippen LogP contribution in [0, 0.1) is 0 Å². The molecule has 0 spiro atoms. The summed E-state index contributed by atoms with van der Waals surface area (Å²) in [5.74, 6) is -0.893. The van der Waals surface area contributed by atoms with Gasteiger partial charge in [0.15, 0.2) is 11.6 Å². The number of carbonyl (C=O) groups is 2. The molecule has 0 aromatic heterocycles. The maximum atomic E-state index is 13.0. The number of nitrogens with zero attached hydrogens (tertiary/aromatic N) is 1. The van der Waals surface area contributed by atoms with Gasteiger partial charge in [-0.25, -0.2) is 9.79 Å². The van der Waals surface area contributed by atoms with Crippen molar-refractivity contribution in [3.05, 3.63) is 34.9 Å². The number of halogens is 2. The van der Waals surface area contributed by atoms with Gasteiger partial charge in [0.05, 0.1) is 0 Å². The van der Waals surface area contributed by atoms with Crippen molar-refractivity contribution in [1.82, 2.24) is 0 Å². The molecule has 1 fully saturated rings. The molecule has 2 atom stereocenters. The Bertz CT molecular complexity index is 631. The maximum Gasteiger partial charge on any atom is 0.386 e. The van der Waals surface area contributed by atoms with Gasteiger partial charge >= 0.3 is 6.04 Å². The van der Waals surface area contributed by atoms with E-state index >= 15 is 0 Å². The lowest BCUT2D eigenvalue weighted by atomic mass is 9.74. The van der Waals surface area contributed by atoms with E-state index in [1.165, 1.54) is 0 Å². The summed E-state index contributed by atoms with van der Waals surface area (Å²) >= 11 is 6.15. The Balaban J connectivity index is 2.21. The van der Waals surface area contributed by atoms with Crippen LogP contribution in [0.2, 0.25) is 5.02 Å². The fourth-order valence-electron chi connectivity index (χ4n) is 2.84. The van der Waals surface area contributed by atoms with E-state index in [1.807, 2.05) is 0 Å². The fraction of sp³-hybridized carbons (Fsp3) is 0.357. The average Bonchev–Trinajstić information content (AvgIpc) is 2.39. The molecule has 2 aliphatic rings. The van der Waals surface area contributed by atoms with Gasteiger partial charge in [-0.3, -0.25) is 4.79 Å². The van der Waals surface area contributed by atoms with Crippen LogP contribution in [-0.4, -0.2) is 23.8 Å². The van der Waals surface area contributed by atoms with Crippen LogP contribution in [0.25, 0.3) is 0 Å². The van der Waals surface area contributed by atoms with Gasteiger partial charge in [-0.1, -0.05) is 29.8 Å². The number of hydrogen-bond acceptors (Lipinski definition) is 4. The van der Waals surface area contributed by atoms with Gasteiger partial charge in [-0.05, 0) is 25.3 Å². The summed E-state index contributed by atoms with van der Waals surface area (Å²) in [6.07, 6.45) is 0.717. The van der Waals surface area contributed by atoms with Gasteiger partial charge in [-0.15, -0.1) is 0 Å². The summed E-state index contributed by atoms with van der Waals surface area (Å²) in [7, 11) is 0. The normalized spacial score (nSPS) is 28.6. The van der Waals surface area contributed by atoms with E-state index < -0.39 is 23.6 Å². The number of hydrogen-bond donors (Lipinski definition) is 0. The molecule has 0 radical (unpaired) electrons. The molecule has 0 amide bonds. The van der Waals surface area contributed by atoms with Gasteiger partial charge in [-0.2, -0.15) is 4.39 Å². The van der Waals surface area contributed by atoms with E-state index in [9.17, 15) is 14.0 Å². The molecular weight excluding hydrogens is 285 g/mol. The van der Waals surface area contributed by atoms with Crippen LogP contribution in [0.1, 0.15) is 24.8 Å². The van der Waals surface area contributed by atoms with Crippen LogP contribution >= 0.6 is 11.6 Å². The van der Waals surface area contributed by atoms with Crippen molar-refractivity contribution in [3.63, 3.8) is 0 Å². The molecule has 20 heavy (non-hydrogen) atoms. The van der Waals surface area contributed by atoms with Crippen LogP contribution in [-0.2, 0) is 19.9 Å². The van der Waals surface area contributed by atoms with Crippen molar-refractivity contribution in [1.29, 1.82) is 0 Å². The van der Waals surface area contributed by atoms with Crippen molar-refractivity contribution >= 4 is 29.3 Å². The summed E-state index contributed by atoms with van der Waals surface area (Å²) in [6, 6.07) is 5.02. The largest absolute Gasteiger partial charge is 0.462 e. The van der Waals surface area contributed by atoms with Crippen LogP contribution in [0.4, 0.5) is 4.39 Å². The minimum atomic E-state index is -1.76. The van der Waals surface area contributed by atoms with Gasteiger partial charge in [0.25, 0.3) is 5.90 Å². The minimum absolute atomic E-state index is 0.262. The van der Waals surface area contributed by atoms with Crippen LogP contribution in [0.5, 0.6) is 0 Å². The molecule has 3 rings (SSSR count). The van der Waals surface area contributed by atoms with Gasteiger partial charge in [0.1, 0.15) is 0 Å². The Morgan fingerprint density at radius 1 is 1.45 bits per heavy atom. The zero-order valence-corrected chi connectivity index (χ0v) is 11.2. The molecule has 1 aliphatic carbocycles. The molecule has 4 nitrogen and oxygen atoms in total. The smallest absolute Gasteiger partial charge is 0.386 e. The van der Waals surface area contributed by atoms with Crippen LogP contribution in [0.3, 0.4) is 0 Å². The number of ketones is 1. The average molecular weight is 296 g/mol. The molecule has 1 aromatic carbocycles. The van der Waals surface area contributed by atoms with Crippen molar-refractivity contribution < 1.29 is 18.7 Å². The maximum absolute atomic E-state index is 13.0. The molecule has 0 N–H and O–H groups in total. The van der Waals surface area contributed by atoms with Gasteiger partial charge < -0.3 is 4.74 Å². The molecule has 1 heterocycles. The van der Waals surface area contributed by atoms with Crippen molar-refractivity contribution in [2.24, 2.45) is 4.99 Å². The van der Waals surface area contributed by atoms with Crippen LogP contribution < -0.4 is 0 Å². The van der Waals surface area contributed by atoms with Crippen LogP contribution in [0.15, 0.2) is 29.3 Å². The minimum Gasteiger partial charge on any atom is -0.462 e. The number of ether oxygens (including phenoxy) is 1. The zero-order valence-electron chi connectivity index (χ0n) is 10.4. The van der Waals surface area contributed by atoms with Crippen molar-refractivity contribution in [2.75, 3.05) is 0 Å². The first-order valence-electron chi connectivity index (χ1n) is 6.30. The molecule has 0 unspecified atom stereocenters. The second kappa shape index (κ2) is 4.66. The Hall–Kier alpha value is -1.75. The molecule has 2 bridgehead atoms. The highest BCUT2D eigenvalue weighted by Gasteiger charge is 2.52. The monoisotopic (exact) mass is 295 g/mol. The van der Waals surface area contributed by atoms with Crippen molar-refractivity contribution in [3.8, 4) is 0 Å². The number of carbonyl (C=O) groups excluding carboxylic acids is 2. The van der Waals surface area contributed by atoms with E-state index in [2.05, 4.69) is 4.99 Å². The molecule has 1 aliphatic heterocycles. The predicted octanol–water partition coefficient (Wildman–Crippen LogP) is 2.58. The Kier molecular flexibility index (Phi) is 3.09. The summed E-state index contributed by atoms with van der Waals surface area (Å²) in [5.41, 5.74) is -0.797. The third-order valence-electron chi connectivity index (χ3n) is 3.74. The Morgan fingerprint density at radius 3 is 2.90 bits per heavy atom. The third-order valence-corrected chi connectivity index (χ3v) is 4.07.